The average Bonchev–Trinajstić information content (AvgIpc) is 3.31. The van der Waals surface area contributed by atoms with E-state index in [0.717, 1.165) is 31.5 Å². The number of amides is 4. The number of rotatable bonds is 11. The second kappa shape index (κ2) is 15.2. The van der Waals surface area contributed by atoms with Crippen LogP contribution < -0.4 is 16.0 Å². The Morgan fingerprint density at radius 2 is 1.32 bits per heavy atom. The van der Waals surface area contributed by atoms with E-state index in [0.29, 0.717) is 35.8 Å². The number of carbonyl (C=O) groups excluding carboxylic acids is 2. The maximum atomic E-state index is 12.4. The average molecular weight is 669 g/mol. The summed E-state index contributed by atoms with van der Waals surface area (Å²) in [6, 6.07) is 14.8. The van der Waals surface area contributed by atoms with Crippen LogP contribution in [0.3, 0.4) is 0 Å². The second-order valence-corrected chi connectivity index (χ2v) is 14.0. The maximum Gasteiger partial charge on any atom is 0.411 e. The molecule has 3 rings (SSSR count). The standard InChI is InChI=1S/C33H44N6O7S/c1-20(40)34-27-37-25(26(47-27)19-22-11-16-24(17-12-22)36-29(41)46-8)18-13-21-9-14-23(15-10-21)35-28(38(30(42)43)32(2,3)4)39(31(44)45)33(5,6)7/h9-12,14-17,28,35H,13,18-19H2,1-8H3,(H,36,41)(H,42,43)(H,44,45)(H,34,37,40). The van der Waals surface area contributed by atoms with Crippen molar-refractivity contribution in [1.82, 2.24) is 14.8 Å². The molecule has 2 aromatic carbocycles. The van der Waals surface area contributed by atoms with Crippen molar-refractivity contribution >= 4 is 52.0 Å². The lowest BCUT2D eigenvalue weighted by atomic mass is 10.0. The van der Waals surface area contributed by atoms with E-state index in [9.17, 15) is 29.4 Å². The van der Waals surface area contributed by atoms with Crippen LogP contribution in [-0.2, 0) is 28.8 Å². The molecule has 0 atom stereocenters. The summed E-state index contributed by atoms with van der Waals surface area (Å²) < 4.78 is 4.64. The fraction of sp³-hybridized carbons (Fsp3) is 0.424. The first-order valence-electron chi connectivity index (χ1n) is 15.0. The van der Waals surface area contributed by atoms with Gasteiger partial charge in [-0.15, -0.1) is 11.3 Å². The summed E-state index contributed by atoms with van der Waals surface area (Å²) in [5.74, 6) is -0.211. The monoisotopic (exact) mass is 668 g/mol. The third-order valence-electron chi connectivity index (χ3n) is 7.06. The first-order valence-corrected chi connectivity index (χ1v) is 15.8. The number of hydrogen-bond donors (Lipinski definition) is 5. The van der Waals surface area contributed by atoms with Gasteiger partial charge in [-0.25, -0.2) is 19.4 Å². The third-order valence-corrected chi connectivity index (χ3v) is 8.07. The molecule has 0 aliphatic heterocycles. The van der Waals surface area contributed by atoms with Gasteiger partial charge < -0.3 is 25.6 Å². The van der Waals surface area contributed by atoms with Crippen LogP contribution in [0.1, 0.15) is 70.2 Å². The third kappa shape index (κ3) is 10.3. The van der Waals surface area contributed by atoms with Gasteiger partial charge >= 0.3 is 18.3 Å². The highest BCUT2D eigenvalue weighted by Crippen LogP contribution is 2.29. The van der Waals surface area contributed by atoms with Crippen LogP contribution >= 0.6 is 11.3 Å². The van der Waals surface area contributed by atoms with Gasteiger partial charge in [0, 0.05) is 40.7 Å². The Hall–Kier alpha value is -4.85. The van der Waals surface area contributed by atoms with Crippen molar-refractivity contribution in [3.05, 3.63) is 70.2 Å². The largest absolute Gasteiger partial charge is 0.465 e. The van der Waals surface area contributed by atoms with E-state index in [-0.39, 0.29) is 5.91 Å². The number of aryl methyl sites for hydroxylation is 2. The van der Waals surface area contributed by atoms with Crippen LogP contribution in [-0.4, -0.2) is 73.7 Å². The highest BCUT2D eigenvalue weighted by atomic mass is 32.1. The maximum absolute atomic E-state index is 12.4. The van der Waals surface area contributed by atoms with E-state index >= 15 is 0 Å². The molecule has 0 spiro atoms. The molecule has 13 nitrogen and oxygen atoms in total. The lowest BCUT2D eigenvalue weighted by molar-refractivity contribution is -0.114. The molecule has 5 N–H and O–H groups in total. The highest BCUT2D eigenvalue weighted by Gasteiger charge is 2.43. The molecule has 0 unspecified atom stereocenters. The molecule has 0 saturated heterocycles. The normalized spacial score (nSPS) is 11.5. The van der Waals surface area contributed by atoms with Gasteiger partial charge in [0.2, 0.25) is 5.91 Å². The predicted molar refractivity (Wildman–Crippen MR) is 182 cm³/mol. The number of thiazole rings is 1. The van der Waals surface area contributed by atoms with E-state index < -0.39 is 35.6 Å². The molecule has 0 bridgehead atoms. The van der Waals surface area contributed by atoms with Crippen molar-refractivity contribution in [2.45, 2.75) is 85.1 Å². The smallest absolute Gasteiger partial charge is 0.411 e. The van der Waals surface area contributed by atoms with Gasteiger partial charge in [0.15, 0.2) is 11.4 Å². The van der Waals surface area contributed by atoms with Crippen LogP contribution in [0, 0.1) is 0 Å². The number of ether oxygens (including phenoxy) is 1. The molecular formula is C33H44N6O7S. The summed E-state index contributed by atoms with van der Waals surface area (Å²) in [7, 11) is 1.30. The van der Waals surface area contributed by atoms with Gasteiger partial charge in [-0.3, -0.25) is 19.9 Å². The number of hydrogen-bond acceptors (Lipinski definition) is 8. The quantitative estimate of drug-likeness (QED) is 0.136. The number of nitrogens with zero attached hydrogens (tertiary/aromatic N) is 3. The molecule has 3 aromatic rings. The molecule has 4 amide bonds. The Balaban J connectivity index is 1.81. The number of benzene rings is 2. The summed E-state index contributed by atoms with van der Waals surface area (Å²) in [5.41, 5.74) is 2.18. The second-order valence-electron chi connectivity index (χ2n) is 12.9. The predicted octanol–water partition coefficient (Wildman–Crippen LogP) is 6.91. The molecule has 0 radical (unpaired) electrons. The lowest BCUT2D eigenvalue weighted by Crippen LogP contribution is -2.66. The first kappa shape index (κ1) is 36.6. The summed E-state index contributed by atoms with van der Waals surface area (Å²) in [5, 5.41) is 29.3. The number of aromatic nitrogens is 1. The number of methoxy groups -OCH3 is 1. The van der Waals surface area contributed by atoms with Gasteiger partial charge in [0.05, 0.1) is 12.8 Å². The number of anilines is 3. The minimum atomic E-state index is -1.26. The molecule has 0 aliphatic carbocycles. The number of carboxylic acid groups (broad SMARTS) is 2. The van der Waals surface area contributed by atoms with Crippen molar-refractivity contribution in [2.75, 3.05) is 23.1 Å². The van der Waals surface area contributed by atoms with E-state index in [1.54, 1.807) is 65.8 Å². The molecule has 254 valence electrons. The summed E-state index contributed by atoms with van der Waals surface area (Å²) in [6.45, 7) is 11.7. The van der Waals surface area contributed by atoms with Crippen LogP contribution in [0.15, 0.2) is 48.5 Å². The van der Waals surface area contributed by atoms with E-state index in [1.165, 1.54) is 25.4 Å². The van der Waals surface area contributed by atoms with E-state index in [1.807, 2.05) is 24.3 Å². The Bertz CT molecular complexity index is 1530. The van der Waals surface area contributed by atoms with Gasteiger partial charge in [-0.1, -0.05) is 24.3 Å². The van der Waals surface area contributed by atoms with Crippen molar-refractivity contribution in [3.63, 3.8) is 0 Å². The molecule has 0 saturated carbocycles. The zero-order chi connectivity index (χ0) is 35.1. The van der Waals surface area contributed by atoms with Crippen molar-refractivity contribution in [2.24, 2.45) is 0 Å². The van der Waals surface area contributed by atoms with Crippen LogP contribution in [0.4, 0.5) is 30.9 Å². The highest BCUT2D eigenvalue weighted by molar-refractivity contribution is 7.15. The fourth-order valence-corrected chi connectivity index (χ4v) is 6.01. The topological polar surface area (TPSA) is 173 Å². The van der Waals surface area contributed by atoms with Gasteiger partial charge in [0.25, 0.3) is 0 Å². The molecule has 1 aromatic heterocycles. The fourth-order valence-electron chi connectivity index (χ4n) is 4.92. The first-order chi connectivity index (χ1) is 21.9. The van der Waals surface area contributed by atoms with Crippen LogP contribution in [0.2, 0.25) is 0 Å². The van der Waals surface area contributed by atoms with Gasteiger partial charge in [-0.05, 0) is 89.8 Å². The zero-order valence-corrected chi connectivity index (χ0v) is 28.8. The van der Waals surface area contributed by atoms with Gasteiger partial charge in [0.1, 0.15) is 0 Å². The summed E-state index contributed by atoms with van der Waals surface area (Å²) in [4.78, 5) is 55.9. The Labute approximate surface area is 278 Å². The Kier molecular flexibility index (Phi) is 11.8. The Morgan fingerprint density at radius 1 is 0.809 bits per heavy atom. The number of nitrogens with one attached hydrogen (secondary N) is 3. The molecular weight excluding hydrogens is 624 g/mol. The van der Waals surface area contributed by atoms with Crippen LogP contribution in [0.5, 0.6) is 0 Å². The molecule has 0 fully saturated rings. The zero-order valence-electron chi connectivity index (χ0n) is 28.0. The molecule has 0 aliphatic rings. The van der Waals surface area contributed by atoms with Crippen molar-refractivity contribution in [1.29, 1.82) is 0 Å². The van der Waals surface area contributed by atoms with E-state index in [2.05, 4.69) is 25.7 Å². The lowest BCUT2D eigenvalue weighted by Gasteiger charge is -2.48. The molecule has 1 heterocycles. The minimum Gasteiger partial charge on any atom is -0.465 e. The number of carbonyl (C=O) groups is 4. The SMILES string of the molecule is COC(=O)Nc1ccc(Cc2sc(NC(C)=O)nc2CCc2ccc(NC(N(C(=O)O)C(C)(C)C)N(C(=O)O)C(C)(C)C)cc2)cc1. The van der Waals surface area contributed by atoms with Crippen LogP contribution in [0.25, 0.3) is 0 Å². The van der Waals surface area contributed by atoms with Crippen molar-refractivity contribution in [3.8, 4) is 0 Å². The Morgan fingerprint density at radius 3 is 1.79 bits per heavy atom. The molecule has 47 heavy (non-hydrogen) atoms. The summed E-state index contributed by atoms with van der Waals surface area (Å²) in [6.07, 6.45) is -2.46. The minimum absolute atomic E-state index is 0.211. The summed E-state index contributed by atoms with van der Waals surface area (Å²) >= 11 is 1.41. The van der Waals surface area contributed by atoms with E-state index in [4.69, 9.17) is 0 Å². The molecule has 14 heteroatoms. The van der Waals surface area contributed by atoms with Crippen molar-refractivity contribution < 1.29 is 34.1 Å². The van der Waals surface area contributed by atoms with Gasteiger partial charge in [-0.2, -0.15) is 0 Å².